The molecule has 0 unspecified atom stereocenters. The fourth-order valence-corrected chi connectivity index (χ4v) is 1.46. The van der Waals surface area contributed by atoms with E-state index in [4.69, 9.17) is 14.2 Å². The Morgan fingerprint density at radius 3 is 1.82 bits per heavy atom. The first-order valence-electron chi connectivity index (χ1n) is 5.39. The van der Waals surface area contributed by atoms with Gasteiger partial charge in [-0.1, -0.05) is 13.2 Å². The van der Waals surface area contributed by atoms with Gasteiger partial charge in [-0.25, -0.2) is 9.59 Å². The molecule has 0 spiro atoms. The summed E-state index contributed by atoms with van der Waals surface area (Å²) in [6.45, 7) is 5.81. The Hall–Kier alpha value is -1.76. The first kappa shape index (κ1) is 22.5. The average molecular weight is 360 g/mol. The average Bonchev–Trinajstić information content (AvgIpc) is 2.33. The summed E-state index contributed by atoms with van der Waals surface area (Å²) >= 11 is 0. The largest absolute Gasteiger partial charge is 0.478 e. The van der Waals surface area contributed by atoms with Gasteiger partial charge in [0.05, 0.1) is 5.75 Å². The van der Waals surface area contributed by atoms with E-state index in [1.807, 2.05) is 0 Å². The van der Waals surface area contributed by atoms with Crippen LogP contribution in [0.2, 0.25) is 0 Å². The smallest absolute Gasteiger partial charge is 0.330 e. The number of aliphatic carboxylic acids is 1. The molecule has 0 heterocycles. The van der Waals surface area contributed by atoms with E-state index in [2.05, 4.69) is 17.9 Å². The zero-order valence-corrected chi connectivity index (χ0v) is 13.0. The minimum absolute atomic E-state index is 0.234. The highest BCUT2D eigenvalue weighted by Crippen LogP contribution is 1.99. The first-order valence-corrected chi connectivity index (χ1v) is 8.61. The number of esters is 1. The number of carboxylic acids is 1. The van der Waals surface area contributed by atoms with Gasteiger partial charge in [-0.15, -0.1) is 0 Å². The fourth-order valence-electron chi connectivity index (χ4n) is 0.666. The van der Waals surface area contributed by atoms with E-state index < -0.39 is 43.7 Å². The van der Waals surface area contributed by atoms with Crippen LogP contribution in [-0.2, 0) is 34.6 Å². The second kappa shape index (κ2) is 10.0. The molecule has 0 aliphatic heterocycles. The summed E-state index contributed by atoms with van der Waals surface area (Å²) in [5.74, 6) is -3.16. The normalized spacial score (nSPS) is 10.8. The molecule has 0 aliphatic carbocycles. The number of carbonyl (C=O) groups is 2. The van der Waals surface area contributed by atoms with Gasteiger partial charge in [0.2, 0.25) is 0 Å². The lowest BCUT2D eigenvalue weighted by Gasteiger charge is -1.97. The molecular weight excluding hydrogens is 344 g/mol. The Labute approximate surface area is 127 Å². The molecule has 0 aliphatic rings. The maximum absolute atomic E-state index is 10.3. The van der Waals surface area contributed by atoms with Crippen molar-refractivity contribution in [3.63, 3.8) is 0 Å². The predicted molar refractivity (Wildman–Crippen MR) is 75.4 cm³/mol. The lowest BCUT2D eigenvalue weighted by atomic mass is 10.2. The number of rotatable bonds is 8. The zero-order valence-electron chi connectivity index (χ0n) is 11.3. The highest BCUT2D eigenvalue weighted by atomic mass is 32.2. The van der Waals surface area contributed by atoms with Crippen molar-refractivity contribution in [3.05, 3.63) is 24.8 Å². The van der Waals surface area contributed by atoms with Crippen LogP contribution in [0.4, 0.5) is 0 Å². The SMILES string of the molecule is C=C(CCS(=O)(=O)O)C(=O)O.C=CC(=O)OCCS(=O)(=O)O. The second-order valence-electron chi connectivity index (χ2n) is 3.60. The maximum Gasteiger partial charge on any atom is 0.330 e. The van der Waals surface area contributed by atoms with Crippen molar-refractivity contribution in [2.45, 2.75) is 6.42 Å². The third kappa shape index (κ3) is 18.2. The molecule has 0 fully saturated rings. The van der Waals surface area contributed by atoms with Crippen molar-refractivity contribution >= 4 is 32.2 Å². The maximum atomic E-state index is 10.3. The van der Waals surface area contributed by atoms with Crippen molar-refractivity contribution in [1.29, 1.82) is 0 Å². The van der Waals surface area contributed by atoms with Gasteiger partial charge in [0.1, 0.15) is 12.4 Å². The van der Waals surface area contributed by atoms with Gasteiger partial charge >= 0.3 is 11.9 Å². The molecule has 0 atom stereocenters. The van der Waals surface area contributed by atoms with Crippen molar-refractivity contribution in [3.8, 4) is 0 Å². The molecule has 0 aromatic heterocycles. The molecule has 0 radical (unpaired) electrons. The van der Waals surface area contributed by atoms with E-state index in [0.717, 1.165) is 6.08 Å². The Morgan fingerprint density at radius 2 is 1.50 bits per heavy atom. The molecule has 10 nitrogen and oxygen atoms in total. The number of ether oxygens (including phenoxy) is 1. The monoisotopic (exact) mass is 360 g/mol. The van der Waals surface area contributed by atoms with Gasteiger partial charge < -0.3 is 9.84 Å². The Balaban J connectivity index is 0. The van der Waals surface area contributed by atoms with Crippen LogP contribution in [0.25, 0.3) is 0 Å². The van der Waals surface area contributed by atoms with E-state index in [1.165, 1.54) is 0 Å². The Kier molecular flexibility index (Phi) is 10.3. The minimum Gasteiger partial charge on any atom is -0.478 e. The predicted octanol–water partition coefficient (Wildman–Crippen LogP) is -0.491. The molecule has 0 saturated carbocycles. The first-order chi connectivity index (χ1) is 9.78. The molecule has 0 amide bonds. The Morgan fingerprint density at radius 1 is 1.05 bits per heavy atom. The van der Waals surface area contributed by atoms with Crippen LogP contribution in [0, 0.1) is 0 Å². The lowest BCUT2D eigenvalue weighted by molar-refractivity contribution is -0.137. The summed E-state index contributed by atoms with van der Waals surface area (Å²) in [7, 11) is -8.12. The Bertz CT molecular complexity index is 612. The topological polar surface area (TPSA) is 172 Å². The van der Waals surface area contributed by atoms with Crippen LogP contribution in [0.5, 0.6) is 0 Å². The summed E-state index contributed by atoms with van der Waals surface area (Å²) in [4.78, 5) is 20.3. The standard InChI is InChI=1S/2C5H8O5S/c1-4(5(6)7)2-3-11(8,9)10;1-2-5(6)10-3-4-11(7,8)9/h1-3H2,(H,6,7)(H,8,9,10);2H,1,3-4H2,(H,7,8,9). The molecule has 0 aromatic rings. The summed E-state index contributed by atoms with van der Waals surface area (Å²) in [5.41, 5.74) is -0.234. The molecule has 0 saturated heterocycles. The van der Waals surface area contributed by atoms with E-state index >= 15 is 0 Å². The van der Waals surface area contributed by atoms with E-state index in [1.54, 1.807) is 0 Å². The number of carbonyl (C=O) groups excluding carboxylic acids is 1. The highest BCUT2D eigenvalue weighted by molar-refractivity contribution is 7.86. The highest BCUT2D eigenvalue weighted by Gasteiger charge is 2.09. The third-order valence-electron chi connectivity index (χ3n) is 1.72. The van der Waals surface area contributed by atoms with Crippen LogP contribution in [-0.4, -0.2) is 61.1 Å². The van der Waals surface area contributed by atoms with Gasteiger partial charge in [-0.3, -0.25) is 9.11 Å². The van der Waals surface area contributed by atoms with Crippen molar-refractivity contribution < 1.29 is 45.4 Å². The van der Waals surface area contributed by atoms with Gasteiger partial charge in [-0.05, 0) is 6.42 Å². The summed E-state index contributed by atoms with van der Waals surface area (Å²) in [6, 6.07) is 0. The third-order valence-corrected chi connectivity index (χ3v) is 3.12. The molecular formula is C10H16O10S2. The van der Waals surface area contributed by atoms with Gasteiger partial charge in [-0.2, -0.15) is 16.8 Å². The summed E-state index contributed by atoms with van der Waals surface area (Å²) in [5, 5.41) is 8.20. The van der Waals surface area contributed by atoms with Crippen LogP contribution in [0.1, 0.15) is 6.42 Å². The van der Waals surface area contributed by atoms with Gasteiger partial charge in [0, 0.05) is 11.6 Å². The lowest BCUT2D eigenvalue weighted by Crippen LogP contribution is -2.13. The molecule has 0 rings (SSSR count). The fraction of sp³-hybridized carbons (Fsp3) is 0.400. The van der Waals surface area contributed by atoms with E-state index in [9.17, 15) is 26.4 Å². The van der Waals surface area contributed by atoms with Crippen LogP contribution >= 0.6 is 0 Å². The number of hydrogen-bond acceptors (Lipinski definition) is 7. The second-order valence-corrected chi connectivity index (χ2v) is 6.75. The van der Waals surface area contributed by atoms with E-state index in [-0.39, 0.29) is 18.6 Å². The van der Waals surface area contributed by atoms with Crippen molar-refractivity contribution in [2.24, 2.45) is 0 Å². The van der Waals surface area contributed by atoms with Gasteiger partial charge in [0.15, 0.2) is 0 Å². The summed E-state index contributed by atoms with van der Waals surface area (Å²) in [6.07, 6.45) is 0.651. The minimum atomic E-state index is -4.08. The van der Waals surface area contributed by atoms with Gasteiger partial charge in [0.25, 0.3) is 20.2 Å². The molecule has 12 heteroatoms. The van der Waals surface area contributed by atoms with Crippen LogP contribution in [0.15, 0.2) is 24.8 Å². The van der Waals surface area contributed by atoms with Crippen LogP contribution in [0.3, 0.4) is 0 Å². The molecule has 22 heavy (non-hydrogen) atoms. The number of carboxylic acid groups (broad SMARTS) is 1. The van der Waals surface area contributed by atoms with Crippen molar-refractivity contribution in [2.75, 3.05) is 18.1 Å². The molecule has 0 aromatic carbocycles. The molecule has 128 valence electrons. The van der Waals surface area contributed by atoms with Crippen LogP contribution < -0.4 is 0 Å². The summed E-state index contributed by atoms with van der Waals surface area (Å²) < 4.78 is 60.9. The number of hydrogen-bond donors (Lipinski definition) is 3. The molecule has 3 N–H and O–H groups in total. The quantitative estimate of drug-likeness (QED) is 0.291. The zero-order chi connectivity index (χ0) is 18.0. The molecule has 0 bridgehead atoms. The van der Waals surface area contributed by atoms with Crippen molar-refractivity contribution in [1.82, 2.24) is 0 Å². The van der Waals surface area contributed by atoms with E-state index in [0.29, 0.717) is 0 Å².